The van der Waals surface area contributed by atoms with Gasteiger partial charge in [0.05, 0.1) is 18.8 Å². The van der Waals surface area contributed by atoms with E-state index < -0.39 is 8.07 Å². The highest BCUT2D eigenvalue weighted by Crippen LogP contribution is 2.19. The lowest BCUT2D eigenvalue weighted by Gasteiger charge is -2.18. The first-order valence-electron chi connectivity index (χ1n) is 6.43. The van der Waals surface area contributed by atoms with E-state index in [2.05, 4.69) is 26.2 Å². The van der Waals surface area contributed by atoms with Crippen molar-refractivity contribution < 1.29 is 14.2 Å². The first-order valence-corrected chi connectivity index (χ1v) is 10.1. The van der Waals surface area contributed by atoms with Crippen molar-refractivity contribution in [3.8, 4) is 0 Å². The fourth-order valence-corrected chi connectivity index (χ4v) is 2.25. The van der Waals surface area contributed by atoms with E-state index in [1.807, 2.05) is 6.08 Å². The summed E-state index contributed by atoms with van der Waals surface area (Å²) in [6, 6.07) is 1.19. The molecule has 0 N–H and O–H groups in total. The molecule has 0 aromatic rings. The van der Waals surface area contributed by atoms with Crippen LogP contribution in [0, 0.1) is 0 Å². The molecule has 0 aliphatic carbocycles. The second-order valence-corrected chi connectivity index (χ2v) is 11.5. The minimum absolute atomic E-state index is 0.201. The van der Waals surface area contributed by atoms with Gasteiger partial charge in [0.2, 0.25) is 0 Å². The Morgan fingerprint density at radius 2 is 2.18 bits per heavy atom. The summed E-state index contributed by atoms with van der Waals surface area (Å²) < 4.78 is 16.4. The highest BCUT2D eigenvalue weighted by molar-refractivity contribution is 6.76. The summed E-state index contributed by atoms with van der Waals surface area (Å²) in [6.45, 7) is 12.9. The fraction of sp³-hybridized carbons (Fsp3) is 0.846. The molecule has 100 valence electrons. The monoisotopic (exact) mass is 258 g/mol. The molecule has 0 aromatic carbocycles. The first kappa shape index (κ1) is 14.9. The molecular formula is C13H26O3Si. The number of epoxide rings is 1. The Labute approximate surface area is 106 Å². The number of rotatable bonds is 10. The molecule has 1 fully saturated rings. The van der Waals surface area contributed by atoms with Gasteiger partial charge in [-0.1, -0.05) is 25.7 Å². The zero-order valence-corrected chi connectivity index (χ0v) is 12.4. The predicted molar refractivity (Wildman–Crippen MR) is 73.0 cm³/mol. The third kappa shape index (κ3) is 8.55. The van der Waals surface area contributed by atoms with Crippen molar-refractivity contribution in [1.29, 1.82) is 0 Å². The third-order valence-electron chi connectivity index (χ3n) is 2.74. The van der Waals surface area contributed by atoms with Gasteiger partial charge in [-0.25, -0.2) is 0 Å². The van der Waals surface area contributed by atoms with Crippen LogP contribution in [0.4, 0.5) is 0 Å². The smallest absolute Gasteiger partial charge is 0.147 e. The molecule has 0 radical (unpaired) electrons. The maximum atomic E-state index is 5.69. The van der Waals surface area contributed by atoms with E-state index in [1.54, 1.807) is 0 Å². The van der Waals surface area contributed by atoms with Crippen molar-refractivity contribution in [3.05, 3.63) is 12.7 Å². The van der Waals surface area contributed by atoms with Crippen LogP contribution in [0.5, 0.6) is 0 Å². The average molecular weight is 258 g/mol. The average Bonchev–Trinajstić information content (AvgIpc) is 2.99. The van der Waals surface area contributed by atoms with Gasteiger partial charge in [0.1, 0.15) is 6.79 Å². The predicted octanol–water partition coefficient (Wildman–Crippen LogP) is 3.05. The van der Waals surface area contributed by atoms with E-state index in [9.17, 15) is 0 Å². The Morgan fingerprint density at radius 3 is 2.71 bits per heavy atom. The minimum atomic E-state index is -0.983. The van der Waals surface area contributed by atoms with Gasteiger partial charge in [-0.2, -0.15) is 0 Å². The first-order chi connectivity index (χ1) is 8.01. The van der Waals surface area contributed by atoms with E-state index >= 15 is 0 Å². The van der Waals surface area contributed by atoms with Crippen molar-refractivity contribution in [3.63, 3.8) is 0 Å². The number of hydrogen-bond acceptors (Lipinski definition) is 3. The van der Waals surface area contributed by atoms with Gasteiger partial charge in [0.25, 0.3) is 0 Å². The van der Waals surface area contributed by atoms with Crippen LogP contribution >= 0.6 is 0 Å². The van der Waals surface area contributed by atoms with Crippen molar-refractivity contribution >= 4 is 8.07 Å². The van der Waals surface area contributed by atoms with Crippen LogP contribution in [0.1, 0.15) is 12.8 Å². The molecule has 1 heterocycles. The fourth-order valence-electron chi connectivity index (χ4n) is 1.50. The van der Waals surface area contributed by atoms with Crippen molar-refractivity contribution in [1.82, 2.24) is 0 Å². The van der Waals surface area contributed by atoms with E-state index in [4.69, 9.17) is 14.2 Å². The molecule has 1 aliphatic heterocycles. The van der Waals surface area contributed by atoms with Crippen LogP contribution in [-0.2, 0) is 14.2 Å². The van der Waals surface area contributed by atoms with Crippen LogP contribution in [-0.4, -0.2) is 40.3 Å². The second kappa shape index (κ2) is 7.31. The maximum Gasteiger partial charge on any atom is 0.147 e. The standard InChI is InChI=1S/C13H26O3Si/c1-5-6-12(9-13-10-15-13)16-11-14-7-8-17(2,3)4/h5,12-13H,1,6-11H2,2-4H3/t12-,13+/m1/s1. The minimum Gasteiger partial charge on any atom is -0.373 e. The summed E-state index contributed by atoms with van der Waals surface area (Å²) in [5.41, 5.74) is 0. The summed E-state index contributed by atoms with van der Waals surface area (Å²) >= 11 is 0. The molecule has 0 saturated carbocycles. The number of ether oxygens (including phenoxy) is 3. The van der Waals surface area contributed by atoms with Crippen LogP contribution < -0.4 is 0 Å². The summed E-state index contributed by atoms with van der Waals surface area (Å²) in [5.74, 6) is 0. The summed E-state index contributed by atoms with van der Waals surface area (Å²) in [4.78, 5) is 0. The van der Waals surface area contributed by atoms with Gasteiger partial charge >= 0.3 is 0 Å². The molecule has 2 atom stereocenters. The molecule has 1 rings (SSSR count). The van der Waals surface area contributed by atoms with Crippen molar-refractivity contribution in [2.24, 2.45) is 0 Å². The molecule has 0 bridgehead atoms. The van der Waals surface area contributed by atoms with Crippen LogP contribution in [0.3, 0.4) is 0 Å². The van der Waals surface area contributed by atoms with Crippen molar-refractivity contribution in [2.75, 3.05) is 20.0 Å². The molecule has 3 nitrogen and oxygen atoms in total. The second-order valence-electron chi connectivity index (χ2n) is 5.84. The molecule has 1 aliphatic rings. The highest BCUT2D eigenvalue weighted by atomic mass is 28.3. The Kier molecular flexibility index (Phi) is 6.41. The van der Waals surface area contributed by atoms with Gasteiger partial charge in [-0.3, -0.25) is 0 Å². The van der Waals surface area contributed by atoms with Crippen LogP contribution in [0.25, 0.3) is 0 Å². The van der Waals surface area contributed by atoms with Crippen LogP contribution in [0.15, 0.2) is 12.7 Å². The van der Waals surface area contributed by atoms with Gasteiger partial charge in [0.15, 0.2) is 0 Å². The quantitative estimate of drug-likeness (QED) is 0.198. The van der Waals surface area contributed by atoms with E-state index in [0.717, 1.165) is 26.1 Å². The Balaban J connectivity index is 2.03. The van der Waals surface area contributed by atoms with E-state index in [1.165, 1.54) is 6.04 Å². The highest BCUT2D eigenvalue weighted by Gasteiger charge is 2.26. The Hall–Kier alpha value is -0.163. The van der Waals surface area contributed by atoms with E-state index in [-0.39, 0.29) is 6.10 Å². The van der Waals surface area contributed by atoms with Gasteiger partial charge in [-0.15, -0.1) is 6.58 Å². The molecule has 0 aromatic heterocycles. The third-order valence-corrected chi connectivity index (χ3v) is 4.45. The van der Waals surface area contributed by atoms with Gasteiger partial charge in [-0.05, 0) is 12.5 Å². The van der Waals surface area contributed by atoms with Crippen molar-refractivity contribution in [2.45, 2.75) is 50.7 Å². The van der Waals surface area contributed by atoms with E-state index in [0.29, 0.717) is 12.9 Å². The Bertz CT molecular complexity index is 221. The molecule has 0 amide bonds. The summed E-state index contributed by atoms with van der Waals surface area (Å²) in [5, 5.41) is 0. The molecule has 4 heteroatoms. The molecule has 0 unspecified atom stereocenters. The molecule has 17 heavy (non-hydrogen) atoms. The zero-order valence-electron chi connectivity index (χ0n) is 11.4. The topological polar surface area (TPSA) is 31.0 Å². The summed E-state index contributed by atoms with van der Waals surface area (Å²) in [6.07, 6.45) is 4.34. The molecular weight excluding hydrogens is 232 g/mol. The normalized spacial score (nSPS) is 21.2. The SMILES string of the molecule is C=CC[C@H](C[C@H]1CO1)OCOCC[Si](C)(C)C. The summed E-state index contributed by atoms with van der Waals surface area (Å²) in [7, 11) is -0.983. The Morgan fingerprint density at radius 1 is 1.47 bits per heavy atom. The molecule has 1 saturated heterocycles. The van der Waals surface area contributed by atoms with Gasteiger partial charge in [0, 0.05) is 21.1 Å². The lowest BCUT2D eigenvalue weighted by atomic mass is 10.1. The largest absolute Gasteiger partial charge is 0.373 e. The maximum absolute atomic E-state index is 5.69. The lowest BCUT2D eigenvalue weighted by molar-refractivity contribution is -0.0885. The lowest BCUT2D eigenvalue weighted by Crippen LogP contribution is -2.23. The molecule has 0 spiro atoms. The van der Waals surface area contributed by atoms with Crippen LogP contribution in [0.2, 0.25) is 25.7 Å². The number of hydrogen-bond donors (Lipinski definition) is 0. The zero-order chi connectivity index (χ0) is 12.7. The van der Waals surface area contributed by atoms with Gasteiger partial charge < -0.3 is 14.2 Å².